The zero-order valence-electron chi connectivity index (χ0n) is 8.60. The summed E-state index contributed by atoms with van der Waals surface area (Å²) in [5, 5.41) is 12.8. The molecule has 78 valence electrons. The normalized spacial score (nSPS) is 15.1. The third-order valence-electron chi connectivity index (χ3n) is 2.19. The van der Waals surface area contributed by atoms with Crippen LogP contribution in [0.25, 0.3) is 0 Å². The van der Waals surface area contributed by atoms with E-state index in [1.54, 1.807) is 7.11 Å². The molecule has 0 aliphatic heterocycles. The van der Waals surface area contributed by atoms with E-state index in [4.69, 9.17) is 4.74 Å². The quantitative estimate of drug-likeness (QED) is 0.735. The first-order valence-electron chi connectivity index (χ1n) is 4.68. The molecule has 1 aromatic carbocycles. The Morgan fingerprint density at radius 3 is 2.50 bits per heavy atom. The Labute approximate surface area is 84.7 Å². The van der Waals surface area contributed by atoms with E-state index < -0.39 is 6.10 Å². The average molecular weight is 195 g/mol. The number of ether oxygens (including phenoxy) is 1. The second-order valence-electron chi connectivity index (χ2n) is 3.20. The number of aliphatic hydroxyl groups excluding tert-OH is 1. The van der Waals surface area contributed by atoms with Gasteiger partial charge in [-0.2, -0.15) is 0 Å². The summed E-state index contributed by atoms with van der Waals surface area (Å²) in [5.41, 5.74) is 1.07. The van der Waals surface area contributed by atoms with E-state index in [-0.39, 0.29) is 6.04 Å². The maximum atomic E-state index is 9.77. The third kappa shape index (κ3) is 2.80. The number of rotatable bonds is 5. The third-order valence-corrected chi connectivity index (χ3v) is 2.19. The molecule has 0 saturated heterocycles. The molecule has 0 bridgehead atoms. The van der Waals surface area contributed by atoms with Crippen molar-refractivity contribution in [1.29, 1.82) is 0 Å². The number of aliphatic hydroxyl groups is 1. The number of hydrogen-bond donors (Lipinski definition) is 2. The van der Waals surface area contributed by atoms with E-state index in [2.05, 4.69) is 5.32 Å². The minimum absolute atomic E-state index is 0.0730. The summed E-state index contributed by atoms with van der Waals surface area (Å²) in [6, 6.07) is 9.77. The Balaban J connectivity index is 2.71. The number of benzene rings is 1. The molecule has 1 aromatic rings. The van der Waals surface area contributed by atoms with E-state index in [1.165, 1.54) is 0 Å². The monoisotopic (exact) mass is 195 g/mol. The molecule has 1 rings (SSSR count). The van der Waals surface area contributed by atoms with Crippen molar-refractivity contribution in [2.24, 2.45) is 0 Å². The smallest absolute Gasteiger partial charge is 0.0967 e. The molecule has 0 amide bonds. The molecule has 14 heavy (non-hydrogen) atoms. The molecule has 0 aliphatic carbocycles. The van der Waals surface area contributed by atoms with Gasteiger partial charge in [-0.05, 0) is 12.6 Å². The number of methoxy groups -OCH3 is 1. The maximum absolute atomic E-state index is 9.77. The van der Waals surface area contributed by atoms with E-state index >= 15 is 0 Å². The summed E-state index contributed by atoms with van der Waals surface area (Å²) in [5.74, 6) is 0. The van der Waals surface area contributed by atoms with Crippen LogP contribution < -0.4 is 5.32 Å². The SMILES string of the molecule is CNC(c1ccccc1)C(O)COC. The lowest BCUT2D eigenvalue weighted by molar-refractivity contribution is 0.0403. The van der Waals surface area contributed by atoms with Gasteiger partial charge >= 0.3 is 0 Å². The maximum Gasteiger partial charge on any atom is 0.0967 e. The van der Waals surface area contributed by atoms with Crippen molar-refractivity contribution in [2.75, 3.05) is 20.8 Å². The summed E-state index contributed by atoms with van der Waals surface area (Å²) >= 11 is 0. The molecule has 0 heterocycles. The van der Waals surface area contributed by atoms with Gasteiger partial charge in [0.15, 0.2) is 0 Å². The van der Waals surface area contributed by atoms with Crippen LogP contribution in [0.15, 0.2) is 30.3 Å². The fourth-order valence-electron chi connectivity index (χ4n) is 1.51. The van der Waals surface area contributed by atoms with Crippen molar-refractivity contribution in [1.82, 2.24) is 5.32 Å². The molecule has 3 heteroatoms. The number of nitrogens with one attached hydrogen (secondary N) is 1. The first kappa shape index (κ1) is 11.2. The highest BCUT2D eigenvalue weighted by molar-refractivity contribution is 5.19. The van der Waals surface area contributed by atoms with Crippen molar-refractivity contribution in [3.8, 4) is 0 Å². The van der Waals surface area contributed by atoms with Gasteiger partial charge < -0.3 is 15.2 Å². The van der Waals surface area contributed by atoms with Gasteiger partial charge in [-0.1, -0.05) is 30.3 Å². The molecular formula is C11H17NO2. The van der Waals surface area contributed by atoms with Crippen LogP contribution in [-0.2, 0) is 4.74 Å². The topological polar surface area (TPSA) is 41.5 Å². The van der Waals surface area contributed by atoms with Crippen LogP contribution in [0, 0.1) is 0 Å². The fraction of sp³-hybridized carbons (Fsp3) is 0.455. The molecule has 0 fully saturated rings. The largest absolute Gasteiger partial charge is 0.389 e. The Morgan fingerprint density at radius 2 is 2.00 bits per heavy atom. The molecule has 0 aromatic heterocycles. The van der Waals surface area contributed by atoms with Crippen molar-refractivity contribution in [3.63, 3.8) is 0 Å². The van der Waals surface area contributed by atoms with Gasteiger partial charge in [-0.15, -0.1) is 0 Å². The van der Waals surface area contributed by atoms with Crippen molar-refractivity contribution < 1.29 is 9.84 Å². The second-order valence-corrected chi connectivity index (χ2v) is 3.20. The Bertz CT molecular complexity index is 251. The standard InChI is InChI=1S/C11H17NO2/c1-12-11(10(13)8-14-2)9-6-4-3-5-7-9/h3-7,10-13H,8H2,1-2H3. The lowest BCUT2D eigenvalue weighted by atomic mass is 10.0. The van der Waals surface area contributed by atoms with Crippen LogP contribution >= 0.6 is 0 Å². The number of hydrogen-bond acceptors (Lipinski definition) is 3. The highest BCUT2D eigenvalue weighted by Crippen LogP contribution is 2.16. The zero-order chi connectivity index (χ0) is 10.4. The average Bonchev–Trinajstić information content (AvgIpc) is 2.21. The van der Waals surface area contributed by atoms with Gasteiger partial charge in [-0.3, -0.25) is 0 Å². The van der Waals surface area contributed by atoms with Crippen LogP contribution in [0.3, 0.4) is 0 Å². The highest BCUT2D eigenvalue weighted by atomic mass is 16.5. The van der Waals surface area contributed by atoms with Crippen LogP contribution in [0.2, 0.25) is 0 Å². The molecule has 3 nitrogen and oxygen atoms in total. The Kier molecular flexibility index (Phi) is 4.59. The Morgan fingerprint density at radius 1 is 1.36 bits per heavy atom. The summed E-state index contributed by atoms with van der Waals surface area (Å²) in [7, 11) is 3.41. The van der Waals surface area contributed by atoms with Gasteiger partial charge in [0.1, 0.15) is 0 Å². The minimum Gasteiger partial charge on any atom is -0.389 e. The molecule has 0 spiro atoms. The summed E-state index contributed by atoms with van der Waals surface area (Å²) < 4.78 is 4.92. The molecule has 0 radical (unpaired) electrons. The first-order valence-corrected chi connectivity index (χ1v) is 4.68. The molecule has 2 N–H and O–H groups in total. The second kappa shape index (κ2) is 5.75. The van der Waals surface area contributed by atoms with E-state index in [0.29, 0.717) is 6.61 Å². The predicted octanol–water partition coefficient (Wildman–Crippen LogP) is 0.954. The predicted molar refractivity (Wildman–Crippen MR) is 56.1 cm³/mol. The lowest BCUT2D eigenvalue weighted by Crippen LogP contribution is -2.32. The highest BCUT2D eigenvalue weighted by Gasteiger charge is 2.18. The van der Waals surface area contributed by atoms with Gasteiger partial charge in [0.25, 0.3) is 0 Å². The van der Waals surface area contributed by atoms with Gasteiger partial charge in [0.2, 0.25) is 0 Å². The van der Waals surface area contributed by atoms with E-state index in [1.807, 2.05) is 37.4 Å². The van der Waals surface area contributed by atoms with Crippen molar-refractivity contribution >= 4 is 0 Å². The van der Waals surface area contributed by atoms with Crippen LogP contribution in [-0.4, -0.2) is 32.0 Å². The van der Waals surface area contributed by atoms with Crippen LogP contribution in [0.1, 0.15) is 11.6 Å². The minimum atomic E-state index is -0.521. The van der Waals surface area contributed by atoms with E-state index in [0.717, 1.165) is 5.56 Å². The number of likely N-dealkylation sites (N-methyl/N-ethyl adjacent to an activating group) is 1. The van der Waals surface area contributed by atoms with Gasteiger partial charge in [0, 0.05) is 7.11 Å². The van der Waals surface area contributed by atoms with Crippen molar-refractivity contribution in [2.45, 2.75) is 12.1 Å². The van der Waals surface area contributed by atoms with E-state index in [9.17, 15) is 5.11 Å². The fourth-order valence-corrected chi connectivity index (χ4v) is 1.51. The summed E-state index contributed by atoms with van der Waals surface area (Å²) in [6.07, 6.45) is -0.521. The summed E-state index contributed by atoms with van der Waals surface area (Å²) in [6.45, 7) is 0.334. The first-order chi connectivity index (χ1) is 6.79. The van der Waals surface area contributed by atoms with Gasteiger partial charge in [0.05, 0.1) is 18.8 Å². The molecule has 2 unspecified atom stereocenters. The Hall–Kier alpha value is -0.900. The van der Waals surface area contributed by atoms with Crippen LogP contribution in [0.5, 0.6) is 0 Å². The summed E-state index contributed by atoms with van der Waals surface area (Å²) in [4.78, 5) is 0. The molecular weight excluding hydrogens is 178 g/mol. The molecule has 0 aliphatic rings. The molecule has 2 atom stereocenters. The van der Waals surface area contributed by atoms with Crippen LogP contribution in [0.4, 0.5) is 0 Å². The lowest BCUT2D eigenvalue weighted by Gasteiger charge is -2.22. The van der Waals surface area contributed by atoms with Gasteiger partial charge in [-0.25, -0.2) is 0 Å². The molecule has 0 saturated carbocycles. The van der Waals surface area contributed by atoms with Crippen molar-refractivity contribution in [3.05, 3.63) is 35.9 Å². The zero-order valence-corrected chi connectivity index (χ0v) is 8.60.